The molecule has 9 nitrogen and oxygen atoms in total. The SMILES string of the molecule is CC(=O)NC1(c2noc(CCC(=O)NCc3cc(Cl)c4c(c3)OCCCO4)n2)CCCCCC1. The van der Waals surface area contributed by atoms with E-state index in [-0.39, 0.29) is 18.2 Å². The van der Waals surface area contributed by atoms with Gasteiger partial charge in [-0.25, -0.2) is 0 Å². The van der Waals surface area contributed by atoms with E-state index in [2.05, 4.69) is 20.8 Å². The second kappa shape index (κ2) is 11.1. The van der Waals surface area contributed by atoms with E-state index in [0.717, 1.165) is 50.5 Å². The van der Waals surface area contributed by atoms with Crippen LogP contribution in [0.4, 0.5) is 0 Å². The molecule has 0 saturated heterocycles. The number of rotatable bonds is 7. The molecule has 1 aliphatic heterocycles. The number of carbonyl (C=O) groups excluding carboxylic acids is 2. The fourth-order valence-corrected chi connectivity index (χ4v) is 4.81. The lowest BCUT2D eigenvalue weighted by Gasteiger charge is -2.30. The predicted octanol–water partition coefficient (Wildman–Crippen LogP) is 3.82. The van der Waals surface area contributed by atoms with Crippen LogP contribution < -0.4 is 20.1 Å². The topological polar surface area (TPSA) is 116 Å². The molecule has 34 heavy (non-hydrogen) atoms. The van der Waals surface area contributed by atoms with Gasteiger partial charge in [-0.3, -0.25) is 9.59 Å². The van der Waals surface area contributed by atoms with E-state index in [4.69, 9.17) is 25.6 Å². The molecule has 1 aromatic carbocycles. The molecule has 2 aromatic rings. The molecular formula is C24H31ClN4O5. The van der Waals surface area contributed by atoms with E-state index in [9.17, 15) is 9.59 Å². The third kappa shape index (κ3) is 6.00. The first-order valence-electron chi connectivity index (χ1n) is 11.9. The summed E-state index contributed by atoms with van der Waals surface area (Å²) < 4.78 is 16.8. The maximum absolute atomic E-state index is 12.4. The number of aromatic nitrogens is 2. The zero-order valence-electron chi connectivity index (χ0n) is 19.5. The maximum atomic E-state index is 12.4. The number of nitrogens with zero attached hydrogens (tertiary/aromatic N) is 2. The van der Waals surface area contributed by atoms with E-state index in [1.807, 2.05) is 6.07 Å². The predicted molar refractivity (Wildman–Crippen MR) is 125 cm³/mol. The number of halogens is 1. The van der Waals surface area contributed by atoms with E-state index >= 15 is 0 Å². The van der Waals surface area contributed by atoms with Gasteiger partial charge in [0.2, 0.25) is 17.7 Å². The van der Waals surface area contributed by atoms with Gasteiger partial charge in [0.1, 0.15) is 5.54 Å². The summed E-state index contributed by atoms with van der Waals surface area (Å²) in [5.41, 5.74) is 0.233. The molecule has 0 bridgehead atoms. The number of hydrogen-bond acceptors (Lipinski definition) is 7. The zero-order chi connectivity index (χ0) is 24.0. The highest BCUT2D eigenvalue weighted by Gasteiger charge is 2.38. The molecule has 10 heteroatoms. The van der Waals surface area contributed by atoms with Crippen LogP contribution in [0.2, 0.25) is 5.02 Å². The molecule has 4 rings (SSSR count). The average molecular weight is 491 g/mol. The van der Waals surface area contributed by atoms with Crippen LogP contribution in [-0.4, -0.2) is 35.2 Å². The van der Waals surface area contributed by atoms with Crippen molar-refractivity contribution < 1.29 is 23.6 Å². The van der Waals surface area contributed by atoms with Crippen molar-refractivity contribution in [1.29, 1.82) is 0 Å². The fourth-order valence-electron chi connectivity index (χ4n) is 4.52. The Morgan fingerprint density at radius 2 is 1.85 bits per heavy atom. The van der Waals surface area contributed by atoms with Gasteiger partial charge in [0.15, 0.2) is 17.3 Å². The van der Waals surface area contributed by atoms with Crippen LogP contribution in [0.15, 0.2) is 16.7 Å². The van der Waals surface area contributed by atoms with Gasteiger partial charge in [-0.05, 0) is 30.5 Å². The maximum Gasteiger partial charge on any atom is 0.227 e. The van der Waals surface area contributed by atoms with E-state index in [1.54, 1.807) is 6.07 Å². The molecular weight excluding hydrogens is 460 g/mol. The highest BCUT2D eigenvalue weighted by atomic mass is 35.5. The quantitative estimate of drug-likeness (QED) is 0.567. The van der Waals surface area contributed by atoms with Gasteiger partial charge >= 0.3 is 0 Å². The van der Waals surface area contributed by atoms with Crippen molar-refractivity contribution in [3.05, 3.63) is 34.4 Å². The molecule has 0 atom stereocenters. The van der Waals surface area contributed by atoms with Crippen LogP contribution >= 0.6 is 11.6 Å². The molecule has 0 spiro atoms. The monoisotopic (exact) mass is 490 g/mol. The Morgan fingerprint density at radius 1 is 1.09 bits per heavy atom. The largest absolute Gasteiger partial charge is 0.489 e. The second-order valence-electron chi connectivity index (χ2n) is 8.92. The Balaban J connectivity index is 1.33. The number of nitrogens with one attached hydrogen (secondary N) is 2. The van der Waals surface area contributed by atoms with E-state index < -0.39 is 5.54 Å². The third-order valence-electron chi connectivity index (χ3n) is 6.19. The summed E-state index contributed by atoms with van der Waals surface area (Å²) in [4.78, 5) is 28.8. The molecule has 1 aromatic heterocycles. The zero-order valence-corrected chi connectivity index (χ0v) is 20.2. The summed E-state index contributed by atoms with van der Waals surface area (Å²) in [7, 11) is 0. The normalized spacial score (nSPS) is 17.4. The molecule has 0 unspecified atom stereocenters. The van der Waals surface area contributed by atoms with Crippen LogP contribution in [0.3, 0.4) is 0 Å². The van der Waals surface area contributed by atoms with Crippen LogP contribution in [0.1, 0.15) is 75.6 Å². The van der Waals surface area contributed by atoms with Crippen molar-refractivity contribution in [3.63, 3.8) is 0 Å². The Hall–Kier alpha value is -2.81. The van der Waals surface area contributed by atoms with Crippen LogP contribution in [0, 0.1) is 0 Å². The number of fused-ring (bicyclic) bond motifs is 1. The summed E-state index contributed by atoms with van der Waals surface area (Å²) in [5.74, 6) is 1.78. The minimum Gasteiger partial charge on any atom is -0.489 e. The number of carbonyl (C=O) groups is 2. The molecule has 2 heterocycles. The van der Waals surface area contributed by atoms with Crippen LogP contribution in [0.5, 0.6) is 11.5 Å². The summed E-state index contributed by atoms with van der Waals surface area (Å²) in [6.07, 6.45) is 7.12. The third-order valence-corrected chi connectivity index (χ3v) is 6.47. The molecule has 2 N–H and O–H groups in total. The van der Waals surface area contributed by atoms with Gasteiger partial charge in [0.25, 0.3) is 0 Å². The standard InChI is InChI=1S/C24H31ClN4O5/c1-16(30)28-24(9-4-2-3-5-10-24)23-27-21(34-29-23)8-7-20(31)26-15-17-13-18(25)22-19(14-17)32-11-6-12-33-22/h13-14H,2-12,15H2,1H3,(H,26,31)(H,28,30). The summed E-state index contributed by atoms with van der Waals surface area (Å²) in [6.45, 7) is 2.95. The first-order chi connectivity index (χ1) is 16.4. The second-order valence-corrected chi connectivity index (χ2v) is 9.33. The first-order valence-corrected chi connectivity index (χ1v) is 12.3. The Kier molecular flexibility index (Phi) is 7.92. The van der Waals surface area contributed by atoms with Gasteiger partial charge in [-0.15, -0.1) is 0 Å². The van der Waals surface area contributed by atoms with Crippen molar-refractivity contribution in [2.24, 2.45) is 0 Å². The van der Waals surface area contributed by atoms with Crippen molar-refractivity contribution in [1.82, 2.24) is 20.8 Å². The van der Waals surface area contributed by atoms with Gasteiger partial charge in [-0.1, -0.05) is 42.4 Å². The number of amides is 2. The van der Waals surface area contributed by atoms with Crippen LogP contribution in [0.25, 0.3) is 0 Å². The van der Waals surface area contributed by atoms with E-state index in [1.165, 1.54) is 6.92 Å². The van der Waals surface area contributed by atoms with Gasteiger partial charge in [0.05, 0.1) is 18.2 Å². The Labute approximate surface area is 203 Å². The van der Waals surface area contributed by atoms with Crippen molar-refractivity contribution in [2.45, 2.75) is 76.8 Å². The lowest BCUT2D eigenvalue weighted by atomic mass is 9.89. The number of benzene rings is 1. The lowest BCUT2D eigenvalue weighted by molar-refractivity contribution is -0.122. The summed E-state index contributed by atoms with van der Waals surface area (Å²) in [5, 5.41) is 10.6. The number of ether oxygens (including phenoxy) is 2. The lowest BCUT2D eigenvalue weighted by Crippen LogP contribution is -2.45. The molecule has 1 aliphatic carbocycles. The molecule has 1 saturated carbocycles. The summed E-state index contributed by atoms with van der Waals surface area (Å²) >= 11 is 6.32. The molecule has 0 radical (unpaired) electrons. The Bertz CT molecular complexity index is 1020. The summed E-state index contributed by atoms with van der Waals surface area (Å²) in [6, 6.07) is 3.61. The van der Waals surface area contributed by atoms with Gasteiger partial charge in [0, 0.05) is 32.7 Å². The average Bonchev–Trinajstić information content (AvgIpc) is 2.99. The number of hydrogen-bond donors (Lipinski definition) is 2. The van der Waals surface area contributed by atoms with E-state index in [0.29, 0.717) is 54.4 Å². The Morgan fingerprint density at radius 3 is 2.62 bits per heavy atom. The smallest absolute Gasteiger partial charge is 0.227 e. The highest BCUT2D eigenvalue weighted by Crippen LogP contribution is 2.38. The highest BCUT2D eigenvalue weighted by molar-refractivity contribution is 6.32. The molecule has 2 amide bonds. The minimum atomic E-state index is -0.595. The van der Waals surface area contributed by atoms with Crippen molar-refractivity contribution >= 4 is 23.4 Å². The van der Waals surface area contributed by atoms with Gasteiger partial charge < -0.3 is 24.6 Å². The molecule has 1 fully saturated rings. The molecule has 2 aliphatic rings. The van der Waals surface area contributed by atoms with Crippen molar-refractivity contribution in [2.75, 3.05) is 13.2 Å². The number of aryl methyl sites for hydroxylation is 1. The first kappa shape index (κ1) is 24.3. The minimum absolute atomic E-state index is 0.109. The molecule has 184 valence electrons. The fraction of sp³-hybridized carbons (Fsp3) is 0.583. The van der Waals surface area contributed by atoms with Crippen LogP contribution in [-0.2, 0) is 28.1 Å². The van der Waals surface area contributed by atoms with Crippen molar-refractivity contribution in [3.8, 4) is 11.5 Å². The van der Waals surface area contributed by atoms with Gasteiger partial charge in [-0.2, -0.15) is 4.98 Å².